The number of benzene rings is 2. The van der Waals surface area contributed by atoms with Crippen molar-refractivity contribution in [1.29, 1.82) is 0 Å². The SMILES string of the molecule is Cc1ccc(CON=C(Cn2cncn2)c2ccc(Cl)cc2Cl)cc1. The van der Waals surface area contributed by atoms with Crippen LogP contribution >= 0.6 is 23.2 Å². The zero-order valence-corrected chi connectivity index (χ0v) is 15.1. The van der Waals surface area contributed by atoms with Crippen molar-refractivity contribution in [3.05, 3.63) is 81.9 Å². The number of hydrogen-bond donors (Lipinski definition) is 0. The molecule has 0 amide bonds. The summed E-state index contributed by atoms with van der Waals surface area (Å²) < 4.78 is 1.65. The molecule has 0 aliphatic heterocycles. The first-order valence-electron chi connectivity index (χ1n) is 7.64. The largest absolute Gasteiger partial charge is 0.391 e. The molecule has 3 aromatic rings. The molecule has 1 heterocycles. The van der Waals surface area contributed by atoms with Crippen molar-refractivity contribution in [3.8, 4) is 0 Å². The van der Waals surface area contributed by atoms with Crippen molar-refractivity contribution < 1.29 is 4.84 Å². The van der Waals surface area contributed by atoms with E-state index in [0.29, 0.717) is 28.9 Å². The topological polar surface area (TPSA) is 52.3 Å². The van der Waals surface area contributed by atoms with E-state index in [1.54, 1.807) is 23.1 Å². The molecule has 3 rings (SSSR count). The number of rotatable bonds is 6. The maximum Gasteiger partial charge on any atom is 0.142 e. The molecule has 0 saturated carbocycles. The van der Waals surface area contributed by atoms with Crippen LogP contribution in [0.5, 0.6) is 0 Å². The van der Waals surface area contributed by atoms with Gasteiger partial charge >= 0.3 is 0 Å². The summed E-state index contributed by atoms with van der Waals surface area (Å²) >= 11 is 12.3. The summed E-state index contributed by atoms with van der Waals surface area (Å²) in [5.41, 5.74) is 3.62. The summed E-state index contributed by atoms with van der Waals surface area (Å²) in [5.74, 6) is 0. The van der Waals surface area contributed by atoms with Crippen LogP contribution in [0.25, 0.3) is 0 Å². The Morgan fingerprint density at radius 3 is 2.64 bits per heavy atom. The smallest absolute Gasteiger partial charge is 0.142 e. The average molecular weight is 375 g/mol. The standard InChI is InChI=1S/C18H16Cl2N4O/c1-13-2-4-14(5-3-13)10-25-23-18(9-24-12-21-11-22-24)16-7-6-15(19)8-17(16)20/h2-8,11-12H,9-10H2,1H3. The summed E-state index contributed by atoms with van der Waals surface area (Å²) in [5, 5.41) is 9.45. The summed E-state index contributed by atoms with van der Waals surface area (Å²) in [6, 6.07) is 13.3. The van der Waals surface area contributed by atoms with E-state index in [1.807, 2.05) is 37.3 Å². The Bertz CT molecular complexity index is 861. The van der Waals surface area contributed by atoms with Gasteiger partial charge in [0, 0.05) is 10.6 Å². The highest BCUT2D eigenvalue weighted by atomic mass is 35.5. The van der Waals surface area contributed by atoms with Gasteiger partial charge in [-0.15, -0.1) is 0 Å². The molecule has 25 heavy (non-hydrogen) atoms. The van der Waals surface area contributed by atoms with E-state index in [1.165, 1.54) is 11.9 Å². The number of hydrogen-bond acceptors (Lipinski definition) is 4. The minimum absolute atomic E-state index is 0.367. The summed E-state index contributed by atoms with van der Waals surface area (Å²) in [6.45, 7) is 2.79. The molecule has 1 aromatic heterocycles. The minimum atomic E-state index is 0.367. The molecule has 0 aliphatic carbocycles. The quantitative estimate of drug-likeness (QED) is 0.470. The van der Waals surface area contributed by atoms with Crippen LogP contribution in [0, 0.1) is 6.92 Å². The highest BCUT2D eigenvalue weighted by Crippen LogP contribution is 2.22. The van der Waals surface area contributed by atoms with Crippen molar-refractivity contribution in [3.63, 3.8) is 0 Å². The zero-order valence-electron chi connectivity index (χ0n) is 13.6. The van der Waals surface area contributed by atoms with Gasteiger partial charge in [0.05, 0.1) is 11.6 Å². The van der Waals surface area contributed by atoms with E-state index in [2.05, 4.69) is 15.2 Å². The molecular formula is C18H16Cl2N4O. The van der Waals surface area contributed by atoms with Crippen LogP contribution in [0.15, 0.2) is 60.3 Å². The third kappa shape index (κ3) is 4.81. The van der Waals surface area contributed by atoms with E-state index >= 15 is 0 Å². The van der Waals surface area contributed by atoms with Crippen molar-refractivity contribution in [2.45, 2.75) is 20.1 Å². The maximum atomic E-state index is 6.31. The van der Waals surface area contributed by atoms with Gasteiger partial charge < -0.3 is 4.84 Å². The molecule has 0 fully saturated rings. The summed E-state index contributed by atoms with van der Waals surface area (Å²) in [7, 11) is 0. The molecule has 0 N–H and O–H groups in total. The Hall–Kier alpha value is -2.37. The number of oxime groups is 1. The van der Waals surface area contributed by atoms with Crippen LogP contribution in [-0.4, -0.2) is 20.5 Å². The number of halogens is 2. The molecule has 0 unspecified atom stereocenters. The highest BCUT2D eigenvalue weighted by molar-refractivity contribution is 6.37. The van der Waals surface area contributed by atoms with Gasteiger partial charge in [-0.25, -0.2) is 9.67 Å². The van der Waals surface area contributed by atoms with Crippen LogP contribution in [0.3, 0.4) is 0 Å². The molecule has 7 heteroatoms. The Kier molecular flexibility index (Phi) is 5.68. The van der Waals surface area contributed by atoms with Crippen LogP contribution < -0.4 is 0 Å². The van der Waals surface area contributed by atoms with Crippen LogP contribution in [-0.2, 0) is 18.0 Å². The Labute approximate surface area is 155 Å². The van der Waals surface area contributed by atoms with Crippen LogP contribution in [0.4, 0.5) is 0 Å². The number of aryl methyl sites for hydroxylation is 1. The van der Waals surface area contributed by atoms with Crippen molar-refractivity contribution in [2.75, 3.05) is 0 Å². The predicted octanol–water partition coefficient (Wildman–Crippen LogP) is 4.51. The fourth-order valence-corrected chi connectivity index (χ4v) is 2.74. The molecule has 0 aliphatic rings. The zero-order chi connectivity index (χ0) is 17.6. The number of aromatic nitrogens is 3. The lowest BCUT2D eigenvalue weighted by atomic mass is 10.1. The predicted molar refractivity (Wildman–Crippen MR) is 99.0 cm³/mol. The van der Waals surface area contributed by atoms with Gasteiger partial charge in [-0.3, -0.25) is 0 Å². The molecule has 128 valence electrons. The van der Waals surface area contributed by atoms with Gasteiger partial charge in [0.2, 0.25) is 0 Å². The van der Waals surface area contributed by atoms with E-state index in [-0.39, 0.29) is 0 Å². The Morgan fingerprint density at radius 2 is 1.96 bits per heavy atom. The van der Waals surface area contributed by atoms with Crippen molar-refractivity contribution >= 4 is 28.9 Å². The fourth-order valence-electron chi connectivity index (χ4n) is 2.22. The number of nitrogens with zero attached hydrogens (tertiary/aromatic N) is 4. The van der Waals surface area contributed by atoms with E-state index in [4.69, 9.17) is 28.0 Å². The molecule has 5 nitrogen and oxygen atoms in total. The van der Waals surface area contributed by atoms with E-state index in [9.17, 15) is 0 Å². The lowest BCUT2D eigenvalue weighted by Gasteiger charge is -2.09. The first-order chi connectivity index (χ1) is 12.1. The molecular weight excluding hydrogens is 359 g/mol. The Balaban J connectivity index is 1.81. The second kappa shape index (κ2) is 8.14. The van der Waals surface area contributed by atoms with Crippen LogP contribution in [0.1, 0.15) is 16.7 Å². The van der Waals surface area contributed by atoms with Crippen molar-refractivity contribution in [2.24, 2.45) is 5.16 Å². The lowest BCUT2D eigenvalue weighted by molar-refractivity contribution is 0.130. The monoisotopic (exact) mass is 374 g/mol. The lowest BCUT2D eigenvalue weighted by Crippen LogP contribution is -2.13. The first-order valence-corrected chi connectivity index (χ1v) is 8.39. The third-order valence-corrected chi connectivity index (χ3v) is 4.09. The van der Waals surface area contributed by atoms with Gasteiger partial charge in [-0.05, 0) is 30.7 Å². The molecule has 0 spiro atoms. The second-order valence-corrected chi connectivity index (χ2v) is 6.36. The van der Waals surface area contributed by atoms with Gasteiger partial charge in [0.1, 0.15) is 25.0 Å². The van der Waals surface area contributed by atoms with Gasteiger partial charge in [-0.1, -0.05) is 58.2 Å². The average Bonchev–Trinajstić information content (AvgIpc) is 3.09. The molecule has 0 atom stereocenters. The first kappa shape index (κ1) is 17.5. The maximum absolute atomic E-state index is 6.31. The van der Waals surface area contributed by atoms with Crippen LogP contribution in [0.2, 0.25) is 10.0 Å². The third-order valence-electron chi connectivity index (χ3n) is 3.55. The molecule has 0 saturated heterocycles. The van der Waals surface area contributed by atoms with E-state index in [0.717, 1.165) is 11.1 Å². The normalized spacial score (nSPS) is 11.6. The summed E-state index contributed by atoms with van der Waals surface area (Å²) in [4.78, 5) is 9.49. The van der Waals surface area contributed by atoms with Gasteiger partial charge in [-0.2, -0.15) is 5.10 Å². The second-order valence-electron chi connectivity index (χ2n) is 5.51. The van der Waals surface area contributed by atoms with Gasteiger partial charge in [0.15, 0.2) is 0 Å². The van der Waals surface area contributed by atoms with E-state index < -0.39 is 0 Å². The molecule has 2 aromatic carbocycles. The molecule has 0 radical (unpaired) electrons. The highest BCUT2D eigenvalue weighted by Gasteiger charge is 2.11. The van der Waals surface area contributed by atoms with Gasteiger partial charge in [0.25, 0.3) is 0 Å². The summed E-state index contributed by atoms with van der Waals surface area (Å²) in [6.07, 6.45) is 3.08. The molecule has 0 bridgehead atoms. The Morgan fingerprint density at radius 1 is 1.16 bits per heavy atom. The minimum Gasteiger partial charge on any atom is -0.391 e. The fraction of sp³-hybridized carbons (Fsp3) is 0.167. The van der Waals surface area contributed by atoms with Crippen molar-refractivity contribution in [1.82, 2.24) is 14.8 Å².